The van der Waals surface area contributed by atoms with Crippen molar-refractivity contribution in [3.63, 3.8) is 0 Å². The number of halogens is 1. The summed E-state index contributed by atoms with van der Waals surface area (Å²) in [7, 11) is 0. The van der Waals surface area contributed by atoms with E-state index in [0.29, 0.717) is 12.1 Å². The fourth-order valence-electron chi connectivity index (χ4n) is 1.39. The Labute approximate surface area is 106 Å². The van der Waals surface area contributed by atoms with Crippen LogP contribution in [0.25, 0.3) is 0 Å². The molecule has 1 N–H and O–H groups in total. The number of rotatable bonds is 3. The lowest BCUT2D eigenvalue weighted by Gasteiger charge is -2.23. The number of hydrazine groups is 1. The van der Waals surface area contributed by atoms with Crippen molar-refractivity contribution in [2.75, 3.05) is 6.54 Å². The topological polar surface area (TPSA) is 49.4 Å². The first kappa shape index (κ1) is 14.2. The SMILES string of the molecule is CCN(NC(=O)c1ccc(F)cc1)C(=O)C(C)C. The van der Waals surface area contributed by atoms with Gasteiger partial charge in [0.2, 0.25) is 5.91 Å². The van der Waals surface area contributed by atoms with Gasteiger partial charge < -0.3 is 0 Å². The molecule has 4 nitrogen and oxygen atoms in total. The van der Waals surface area contributed by atoms with Gasteiger partial charge in [0.1, 0.15) is 5.82 Å². The summed E-state index contributed by atoms with van der Waals surface area (Å²) < 4.78 is 12.7. The van der Waals surface area contributed by atoms with Crippen LogP contribution >= 0.6 is 0 Å². The fraction of sp³-hybridized carbons (Fsp3) is 0.385. The summed E-state index contributed by atoms with van der Waals surface area (Å²) >= 11 is 0. The highest BCUT2D eigenvalue weighted by Crippen LogP contribution is 2.04. The minimum atomic E-state index is -0.425. The Hall–Kier alpha value is -1.91. The summed E-state index contributed by atoms with van der Waals surface area (Å²) in [6.07, 6.45) is 0. The Morgan fingerprint density at radius 2 is 1.83 bits per heavy atom. The van der Waals surface area contributed by atoms with Gasteiger partial charge in [0.25, 0.3) is 5.91 Å². The maximum absolute atomic E-state index is 12.7. The second kappa shape index (κ2) is 6.14. The van der Waals surface area contributed by atoms with Gasteiger partial charge in [-0.15, -0.1) is 0 Å². The van der Waals surface area contributed by atoms with Gasteiger partial charge in [-0.1, -0.05) is 13.8 Å². The molecule has 0 saturated carbocycles. The lowest BCUT2D eigenvalue weighted by atomic mass is 10.2. The molecular formula is C13H17FN2O2. The zero-order chi connectivity index (χ0) is 13.7. The van der Waals surface area contributed by atoms with Crippen molar-refractivity contribution in [2.24, 2.45) is 5.92 Å². The second-order valence-corrected chi connectivity index (χ2v) is 4.19. The fourth-order valence-corrected chi connectivity index (χ4v) is 1.39. The van der Waals surface area contributed by atoms with Crippen LogP contribution in [0.4, 0.5) is 4.39 Å². The number of nitrogens with one attached hydrogen (secondary N) is 1. The van der Waals surface area contributed by atoms with Gasteiger partial charge >= 0.3 is 0 Å². The van der Waals surface area contributed by atoms with Crippen LogP contribution < -0.4 is 5.43 Å². The molecule has 2 amide bonds. The summed E-state index contributed by atoms with van der Waals surface area (Å²) in [6, 6.07) is 5.15. The zero-order valence-electron chi connectivity index (χ0n) is 10.7. The molecule has 0 fully saturated rings. The minimum absolute atomic E-state index is 0.159. The molecule has 0 unspecified atom stereocenters. The monoisotopic (exact) mass is 252 g/mol. The van der Waals surface area contributed by atoms with Crippen LogP contribution in [-0.2, 0) is 4.79 Å². The molecule has 0 aromatic heterocycles. The molecule has 0 saturated heterocycles. The highest BCUT2D eigenvalue weighted by Gasteiger charge is 2.18. The van der Waals surface area contributed by atoms with Crippen molar-refractivity contribution >= 4 is 11.8 Å². The van der Waals surface area contributed by atoms with Crippen LogP contribution in [0.3, 0.4) is 0 Å². The molecular weight excluding hydrogens is 235 g/mol. The molecule has 18 heavy (non-hydrogen) atoms. The van der Waals surface area contributed by atoms with E-state index in [0.717, 1.165) is 0 Å². The van der Waals surface area contributed by atoms with Crippen LogP contribution in [0.2, 0.25) is 0 Å². The zero-order valence-corrected chi connectivity index (χ0v) is 10.7. The first-order valence-corrected chi connectivity index (χ1v) is 5.83. The van der Waals surface area contributed by atoms with E-state index in [1.54, 1.807) is 20.8 Å². The molecule has 0 aliphatic rings. The molecule has 1 rings (SSSR count). The highest BCUT2D eigenvalue weighted by atomic mass is 19.1. The maximum Gasteiger partial charge on any atom is 0.269 e. The average molecular weight is 252 g/mol. The van der Waals surface area contributed by atoms with Crippen molar-refractivity contribution in [3.05, 3.63) is 35.6 Å². The van der Waals surface area contributed by atoms with Crippen molar-refractivity contribution in [2.45, 2.75) is 20.8 Å². The molecule has 1 aromatic carbocycles. The number of hydrogen-bond donors (Lipinski definition) is 1. The lowest BCUT2D eigenvalue weighted by Crippen LogP contribution is -2.47. The number of amides is 2. The normalized spacial score (nSPS) is 10.3. The molecule has 0 bridgehead atoms. The van der Waals surface area contributed by atoms with Gasteiger partial charge in [-0.3, -0.25) is 20.0 Å². The van der Waals surface area contributed by atoms with Gasteiger partial charge in [0.05, 0.1) is 0 Å². The van der Waals surface area contributed by atoms with Gasteiger partial charge in [0.15, 0.2) is 0 Å². The molecule has 0 aliphatic carbocycles. The van der Waals surface area contributed by atoms with Crippen molar-refractivity contribution in [1.82, 2.24) is 10.4 Å². The van der Waals surface area contributed by atoms with E-state index in [9.17, 15) is 14.0 Å². The van der Waals surface area contributed by atoms with Gasteiger partial charge in [-0.05, 0) is 31.2 Å². The predicted molar refractivity (Wildman–Crippen MR) is 66.1 cm³/mol. The van der Waals surface area contributed by atoms with Crippen molar-refractivity contribution < 1.29 is 14.0 Å². The van der Waals surface area contributed by atoms with E-state index in [4.69, 9.17) is 0 Å². The molecule has 0 atom stereocenters. The predicted octanol–water partition coefficient (Wildman–Crippen LogP) is 1.98. The Kier molecular flexibility index (Phi) is 4.83. The number of carbonyl (C=O) groups excluding carboxylic acids is 2. The molecule has 1 aromatic rings. The first-order valence-electron chi connectivity index (χ1n) is 5.83. The third-order valence-electron chi connectivity index (χ3n) is 2.42. The average Bonchev–Trinajstić information content (AvgIpc) is 2.35. The Morgan fingerprint density at radius 1 is 1.28 bits per heavy atom. The standard InChI is InChI=1S/C13H17FN2O2/c1-4-16(13(18)9(2)3)15-12(17)10-5-7-11(14)8-6-10/h5-9H,4H2,1-3H3,(H,15,17). The molecule has 5 heteroatoms. The van der Waals surface area contributed by atoms with Crippen LogP contribution in [0.15, 0.2) is 24.3 Å². The molecule has 0 radical (unpaired) electrons. The van der Waals surface area contributed by atoms with Gasteiger partial charge in [0, 0.05) is 18.0 Å². The summed E-state index contributed by atoms with van der Waals surface area (Å²) in [4.78, 5) is 23.6. The van der Waals surface area contributed by atoms with E-state index in [-0.39, 0.29) is 11.8 Å². The quantitative estimate of drug-likeness (QED) is 0.836. The third kappa shape index (κ3) is 3.55. The molecule has 0 spiro atoms. The Morgan fingerprint density at radius 3 is 2.28 bits per heavy atom. The number of nitrogens with zero attached hydrogens (tertiary/aromatic N) is 1. The Bertz CT molecular complexity index is 429. The summed E-state index contributed by atoms with van der Waals surface area (Å²) in [5.41, 5.74) is 2.82. The van der Waals surface area contributed by atoms with Gasteiger partial charge in [-0.2, -0.15) is 0 Å². The molecule has 98 valence electrons. The minimum Gasteiger partial charge on any atom is -0.273 e. The van der Waals surface area contributed by atoms with Crippen LogP contribution in [0.1, 0.15) is 31.1 Å². The molecule has 0 heterocycles. The van der Waals surface area contributed by atoms with Crippen molar-refractivity contribution in [3.8, 4) is 0 Å². The Balaban J connectivity index is 2.73. The lowest BCUT2D eigenvalue weighted by molar-refractivity contribution is -0.136. The van der Waals surface area contributed by atoms with E-state index >= 15 is 0 Å². The third-order valence-corrected chi connectivity index (χ3v) is 2.42. The van der Waals surface area contributed by atoms with Crippen LogP contribution in [0, 0.1) is 11.7 Å². The molecule has 0 aliphatic heterocycles. The van der Waals surface area contributed by atoms with Gasteiger partial charge in [-0.25, -0.2) is 4.39 Å². The number of benzene rings is 1. The van der Waals surface area contributed by atoms with Crippen LogP contribution in [-0.4, -0.2) is 23.4 Å². The summed E-state index contributed by atoms with van der Waals surface area (Å²) in [5, 5.41) is 1.26. The largest absolute Gasteiger partial charge is 0.273 e. The van der Waals surface area contributed by atoms with Crippen molar-refractivity contribution in [1.29, 1.82) is 0 Å². The summed E-state index contributed by atoms with van der Waals surface area (Å²) in [5.74, 6) is -1.19. The number of carbonyl (C=O) groups is 2. The second-order valence-electron chi connectivity index (χ2n) is 4.19. The maximum atomic E-state index is 12.7. The van der Waals surface area contributed by atoms with Crippen LogP contribution in [0.5, 0.6) is 0 Å². The number of hydrogen-bond acceptors (Lipinski definition) is 2. The first-order chi connectivity index (χ1) is 8.45. The smallest absolute Gasteiger partial charge is 0.269 e. The van der Waals surface area contributed by atoms with E-state index in [1.807, 2.05) is 0 Å². The van der Waals surface area contributed by atoms with E-state index in [2.05, 4.69) is 5.43 Å². The summed E-state index contributed by atoms with van der Waals surface area (Å²) in [6.45, 7) is 5.67. The van der Waals surface area contributed by atoms with E-state index in [1.165, 1.54) is 29.3 Å². The highest BCUT2D eigenvalue weighted by molar-refractivity contribution is 5.95. The van der Waals surface area contributed by atoms with E-state index < -0.39 is 11.7 Å².